The molecule has 0 aromatic heterocycles. The molecule has 0 spiro atoms. The summed E-state index contributed by atoms with van der Waals surface area (Å²) in [6.45, 7) is 3.91. The molecule has 1 unspecified atom stereocenters. The first-order valence-corrected chi connectivity index (χ1v) is 5.26. The number of hydrogen-bond acceptors (Lipinski definition) is 4. The highest BCUT2D eigenvalue weighted by Gasteiger charge is 2.35. The Balaban J connectivity index is 2.92. The van der Waals surface area contributed by atoms with Crippen molar-refractivity contribution in [1.82, 2.24) is 10.2 Å². The van der Waals surface area contributed by atoms with E-state index in [1.807, 2.05) is 6.92 Å². The standard InChI is InChI=1S/C11H18N2O3/c1-4-6-12-10(15)8-5-7-13(3)11(2,16)9(8)14/h5,7,14,16H,4,6H2,1-3H3,(H,12,15). The van der Waals surface area contributed by atoms with Gasteiger partial charge >= 0.3 is 0 Å². The molecule has 0 fully saturated rings. The lowest BCUT2D eigenvalue weighted by molar-refractivity contribution is -0.118. The molecule has 5 heteroatoms. The molecule has 0 saturated carbocycles. The predicted octanol–water partition coefficient (Wildman–Crippen LogP) is 0.492. The zero-order valence-corrected chi connectivity index (χ0v) is 9.82. The van der Waals surface area contributed by atoms with Crippen LogP contribution in [0.5, 0.6) is 0 Å². The quantitative estimate of drug-likeness (QED) is 0.655. The third-order valence-electron chi connectivity index (χ3n) is 2.64. The van der Waals surface area contributed by atoms with Gasteiger partial charge in [-0.25, -0.2) is 0 Å². The van der Waals surface area contributed by atoms with Crippen molar-refractivity contribution in [3.05, 3.63) is 23.6 Å². The molecule has 5 nitrogen and oxygen atoms in total. The molecule has 0 aromatic rings. The molecule has 0 bridgehead atoms. The van der Waals surface area contributed by atoms with Gasteiger partial charge in [-0.15, -0.1) is 0 Å². The van der Waals surface area contributed by atoms with E-state index < -0.39 is 5.72 Å². The van der Waals surface area contributed by atoms with Crippen molar-refractivity contribution in [2.75, 3.05) is 13.6 Å². The van der Waals surface area contributed by atoms with Crippen LogP contribution in [0.25, 0.3) is 0 Å². The van der Waals surface area contributed by atoms with Crippen LogP contribution >= 0.6 is 0 Å². The Labute approximate surface area is 95.1 Å². The molecular weight excluding hydrogens is 208 g/mol. The van der Waals surface area contributed by atoms with E-state index in [9.17, 15) is 15.0 Å². The molecule has 0 radical (unpaired) electrons. The van der Waals surface area contributed by atoms with Gasteiger partial charge in [-0.2, -0.15) is 0 Å². The lowest BCUT2D eigenvalue weighted by atomic mass is 10.0. The second-order valence-corrected chi connectivity index (χ2v) is 3.97. The summed E-state index contributed by atoms with van der Waals surface area (Å²) >= 11 is 0. The molecule has 0 aromatic carbocycles. The smallest absolute Gasteiger partial charge is 0.254 e. The molecule has 1 atom stereocenters. The Bertz CT molecular complexity index is 345. The minimum Gasteiger partial charge on any atom is -0.507 e. The summed E-state index contributed by atoms with van der Waals surface area (Å²) in [4.78, 5) is 13.1. The first-order chi connectivity index (χ1) is 7.41. The second-order valence-electron chi connectivity index (χ2n) is 3.97. The third kappa shape index (κ3) is 2.19. The molecule has 0 saturated heterocycles. The monoisotopic (exact) mass is 226 g/mol. The largest absolute Gasteiger partial charge is 0.507 e. The maximum Gasteiger partial charge on any atom is 0.254 e. The summed E-state index contributed by atoms with van der Waals surface area (Å²) in [7, 11) is 1.62. The Morgan fingerprint density at radius 1 is 1.62 bits per heavy atom. The van der Waals surface area contributed by atoms with Crippen molar-refractivity contribution in [2.24, 2.45) is 0 Å². The van der Waals surface area contributed by atoms with E-state index in [2.05, 4.69) is 5.32 Å². The van der Waals surface area contributed by atoms with Crippen LogP contribution in [0.4, 0.5) is 0 Å². The molecule has 1 rings (SSSR count). The van der Waals surface area contributed by atoms with Crippen molar-refractivity contribution in [2.45, 2.75) is 26.0 Å². The minimum atomic E-state index is -1.53. The van der Waals surface area contributed by atoms with Gasteiger partial charge in [0.25, 0.3) is 5.91 Å². The van der Waals surface area contributed by atoms with E-state index in [0.717, 1.165) is 6.42 Å². The first-order valence-electron chi connectivity index (χ1n) is 5.26. The van der Waals surface area contributed by atoms with E-state index in [4.69, 9.17) is 0 Å². The maximum atomic E-state index is 11.7. The second kappa shape index (κ2) is 4.57. The number of hydrogen-bond donors (Lipinski definition) is 3. The van der Waals surface area contributed by atoms with Crippen molar-refractivity contribution < 1.29 is 15.0 Å². The first kappa shape index (κ1) is 12.6. The van der Waals surface area contributed by atoms with E-state index in [-0.39, 0.29) is 17.2 Å². The number of nitrogens with one attached hydrogen (secondary N) is 1. The zero-order valence-electron chi connectivity index (χ0n) is 9.82. The van der Waals surface area contributed by atoms with E-state index in [0.29, 0.717) is 6.54 Å². The number of likely N-dealkylation sites (N-methyl/N-ethyl adjacent to an activating group) is 1. The zero-order chi connectivity index (χ0) is 12.3. The van der Waals surface area contributed by atoms with Gasteiger partial charge in [0, 0.05) is 19.8 Å². The molecular formula is C11H18N2O3. The van der Waals surface area contributed by atoms with Crippen LogP contribution in [0, 0.1) is 0 Å². The summed E-state index contributed by atoms with van der Waals surface area (Å²) in [6.07, 6.45) is 3.86. The highest BCUT2D eigenvalue weighted by molar-refractivity contribution is 5.97. The summed E-state index contributed by atoms with van der Waals surface area (Å²) < 4.78 is 0. The fourth-order valence-corrected chi connectivity index (χ4v) is 1.35. The Morgan fingerprint density at radius 3 is 2.81 bits per heavy atom. The number of aliphatic hydroxyl groups excluding tert-OH is 1. The number of rotatable bonds is 3. The third-order valence-corrected chi connectivity index (χ3v) is 2.64. The van der Waals surface area contributed by atoms with E-state index in [1.165, 1.54) is 17.9 Å². The molecule has 1 amide bonds. The minimum absolute atomic E-state index is 0.108. The lowest BCUT2D eigenvalue weighted by Gasteiger charge is -2.35. The lowest BCUT2D eigenvalue weighted by Crippen LogP contribution is -2.46. The van der Waals surface area contributed by atoms with E-state index >= 15 is 0 Å². The Morgan fingerprint density at radius 2 is 2.25 bits per heavy atom. The summed E-state index contributed by atoms with van der Waals surface area (Å²) in [5.41, 5.74) is -1.43. The summed E-state index contributed by atoms with van der Waals surface area (Å²) in [5, 5.41) is 22.4. The fourth-order valence-electron chi connectivity index (χ4n) is 1.35. The molecule has 1 aliphatic rings. The molecule has 1 aliphatic heterocycles. The van der Waals surface area contributed by atoms with E-state index in [1.54, 1.807) is 13.2 Å². The number of nitrogens with zero attached hydrogens (tertiary/aromatic N) is 1. The van der Waals surface area contributed by atoms with Gasteiger partial charge in [0.05, 0.1) is 5.57 Å². The van der Waals surface area contributed by atoms with Gasteiger partial charge in [0.15, 0.2) is 11.5 Å². The number of aliphatic hydroxyl groups is 2. The van der Waals surface area contributed by atoms with Crippen molar-refractivity contribution in [3.63, 3.8) is 0 Å². The average Bonchev–Trinajstić information content (AvgIpc) is 2.23. The van der Waals surface area contributed by atoms with Crippen LogP contribution in [-0.4, -0.2) is 40.3 Å². The number of carbonyl (C=O) groups excluding carboxylic acids is 1. The topological polar surface area (TPSA) is 72.8 Å². The van der Waals surface area contributed by atoms with Crippen LogP contribution in [0.1, 0.15) is 20.3 Å². The van der Waals surface area contributed by atoms with Crippen LogP contribution in [0.2, 0.25) is 0 Å². The molecule has 1 heterocycles. The molecule has 3 N–H and O–H groups in total. The van der Waals surface area contributed by atoms with Crippen LogP contribution < -0.4 is 5.32 Å². The molecule has 16 heavy (non-hydrogen) atoms. The van der Waals surface area contributed by atoms with Gasteiger partial charge in [0.2, 0.25) is 0 Å². The SMILES string of the molecule is CCCNC(=O)C1=C(O)C(C)(O)N(C)C=C1. The highest BCUT2D eigenvalue weighted by Crippen LogP contribution is 2.26. The van der Waals surface area contributed by atoms with Gasteiger partial charge in [-0.05, 0) is 19.4 Å². The summed E-state index contributed by atoms with van der Waals surface area (Å²) in [6, 6.07) is 0. The van der Waals surface area contributed by atoms with Gasteiger partial charge in [-0.1, -0.05) is 6.92 Å². The van der Waals surface area contributed by atoms with Crippen LogP contribution in [0.15, 0.2) is 23.6 Å². The maximum absolute atomic E-state index is 11.7. The fraction of sp³-hybridized carbons (Fsp3) is 0.545. The normalized spacial score (nSPS) is 24.9. The van der Waals surface area contributed by atoms with Gasteiger partial charge < -0.3 is 20.4 Å². The molecule has 90 valence electrons. The predicted molar refractivity (Wildman–Crippen MR) is 60.5 cm³/mol. The Hall–Kier alpha value is -1.49. The van der Waals surface area contributed by atoms with Crippen molar-refractivity contribution in [1.29, 1.82) is 0 Å². The summed E-state index contributed by atoms with van der Waals surface area (Å²) in [5.74, 6) is -0.699. The van der Waals surface area contributed by atoms with Crippen LogP contribution in [0.3, 0.4) is 0 Å². The van der Waals surface area contributed by atoms with Gasteiger partial charge in [0.1, 0.15) is 0 Å². The van der Waals surface area contributed by atoms with Gasteiger partial charge in [-0.3, -0.25) is 4.79 Å². The van der Waals surface area contributed by atoms with Crippen molar-refractivity contribution >= 4 is 5.91 Å². The Kier molecular flexibility index (Phi) is 3.59. The number of amides is 1. The highest BCUT2D eigenvalue weighted by atomic mass is 16.4. The number of carbonyl (C=O) groups is 1. The van der Waals surface area contributed by atoms with Crippen LogP contribution in [-0.2, 0) is 4.79 Å². The molecule has 0 aliphatic carbocycles. The van der Waals surface area contributed by atoms with Crippen molar-refractivity contribution in [3.8, 4) is 0 Å². The average molecular weight is 226 g/mol.